The van der Waals surface area contributed by atoms with E-state index in [-0.39, 0.29) is 23.6 Å². The Hall–Kier alpha value is -6.47. The maximum absolute atomic E-state index is 12.1. The molecule has 0 aromatic carbocycles. The zero-order chi connectivity index (χ0) is 31.1. The lowest BCUT2D eigenvalue weighted by atomic mass is 10.1. The predicted octanol–water partition coefficient (Wildman–Crippen LogP) is 1.08. The van der Waals surface area contributed by atoms with Gasteiger partial charge in [-0.05, 0) is 31.8 Å². The summed E-state index contributed by atoms with van der Waals surface area (Å²) in [6, 6.07) is 7.34. The van der Waals surface area contributed by atoms with Gasteiger partial charge in [0.25, 0.3) is 5.91 Å². The summed E-state index contributed by atoms with van der Waals surface area (Å²) in [4.78, 5) is 57.0. The van der Waals surface area contributed by atoms with Gasteiger partial charge in [0.2, 0.25) is 0 Å². The van der Waals surface area contributed by atoms with Crippen molar-refractivity contribution in [3.8, 4) is 0 Å². The van der Waals surface area contributed by atoms with Gasteiger partial charge in [-0.15, -0.1) is 5.10 Å². The second kappa shape index (κ2) is 12.8. The van der Waals surface area contributed by atoms with Crippen molar-refractivity contribution in [1.29, 1.82) is 0 Å². The molecule has 222 valence electrons. The molecular formula is C23H24N14O6. The Kier molecular flexibility index (Phi) is 8.78. The van der Waals surface area contributed by atoms with Gasteiger partial charge in [-0.2, -0.15) is 20.4 Å². The lowest BCUT2D eigenvalue weighted by Gasteiger charge is -2.01. The molecule has 0 aliphatic heterocycles. The number of H-pyrrole nitrogens is 5. The fourth-order valence-corrected chi connectivity index (χ4v) is 3.35. The molecule has 0 fully saturated rings. The first kappa shape index (κ1) is 29.5. The molecule has 5 aromatic rings. The highest BCUT2D eigenvalue weighted by molar-refractivity contribution is 6.43. The molecular weight excluding hydrogens is 568 g/mol. The van der Waals surface area contributed by atoms with E-state index in [4.69, 9.17) is 0 Å². The molecule has 0 bridgehead atoms. The quantitative estimate of drug-likeness (QED) is 0.0545. The van der Waals surface area contributed by atoms with Crippen molar-refractivity contribution in [3.05, 3.63) is 74.6 Å². The topological polar surface area (TPSA) is 291 Å². The van der Waals surface area contributed by atoms with Crippen molar-refractivity contribution < 1.29 is 24.1 Å². The molecule has 0 spiro atoms. The second-order valence-corrected chi connectivity index (χ2v) is 8.94. The summed E-state index contributed by atoms with van der Waals surface area (Å²) in [5.41, 5.74) is 2.74. The van der Waals surface area contributed by atoms with Gasteiger partial charge in [0.1, 0.15) is 0 Å². The van der Waals surface area contributed by atoms with E-state index in [1.807, 2.05) is 0 Å². The zero-order valence-electron chi connectivity index (χ0n) is 22.7. The van der Waals surface area contributed by atoms with Gasteiger partial charge in [0, 0.05) is 41.0 Å². The van der Waals surface area contributed by atoms with E-state index in [9.17, 15) is 29.3 Å². The Morgan fingerprint density at radius 2 is 1.16 bits per heavy atom. The Morgan fingerprint density at radius 1 is 0.674 bits per heavy atom. The lowest BCUT2D eigenvalue weighted by Crippen LogP contribution is -2.29. The molecule has 0 saturated heterocycles. The Labute approximate surface area is 240 Å². The molecule has 0 unspecified atom stereocenters. The van der Waals surface area contributed by atoms with Crippen molar-refractivity contribution in [2.45, 2.75) is 27.2 Å². The number of amides is 3. The highest BCUT2D eigenvalue weighted by atomic mass is 16.6. The number of hydrogen-bond donors (Lipinski definition) is 8. The van der Waals surface area contributed by atoms with Gasteiger partial charge in [-0.25, -0.2) is 0 Å². The standard InChI is InChI=1S/C13H12N8O4.C10H12N6O2/c1-6-2-11(19-15-6)14-13(23)9-3-7(16-18-9)4-10(22)8-5-12(20-17-8)21(24)25;1-5-3-7(15-13-5)11-9(17)10(18)12-8-4-6(2)14-16-8/h2-3,5H,4H2,1H3,(H,16,18)(H,17,20)(H2,14,15,19,23);3-4H,1-2H3,(H2,11,13,15,17)(H2,12,14,16,18). The molecule has 0 aliphatic rings. The number of Topliss-reactive ketones (excluding diaryl/α,β-unsaturated/α-hetero) is 1. The Bertz CT molecular complexity index is 1740. The number of nitrogens with one attached hydrogen (secondary N) is 8. The summed E-state index contributed by atoms with van der Waals surface area (Å²) >= 11 is 0. The molecule has 0 aliphatic carbocycles. The van der Waals surface area contributed by atoms with Crippen LogP contribution in [-0.2, 0) is 16.0 Å². The van der Waals surface area contributed by atoms with Crippen molar-refractivity contribution in [3.63, 3.8) is 0 Å². The number of nitro groups is 1. The van der Waals surface area contributed by atoms with E-state index in [2.05, 4.69) is 66.9 Å². The molecule has 0 saturated carbocycles. The minimum Gasteiger partial charge on any atom is -0.358 e. The number of ketones is 1. The number of rotatable bonds is 8. The van der Waals surface area contributed by atoms with Gasteiger partial charge < -0.3 is 26.1 Å². The molecule has 20 heteroatoms. The molecule has 3 amide bonds. The number of anilines is 3. The third kappa shape index (κ3) is 8.03. The molecule has 0 atom stereocenters. The minimum absolute atomic E-state index is 0.0701. The van der Waals surface area contributed by atoms with E-state index in [0.717, 1.165) is 23.1 Å². The van der Waals surface area contributed by atoms with Gasteiger partial charge in [0.05, 0.1) is 12.5 Å². The van der Waals surface area contributed by atoms with Crippen LogP contribution in [0.2, 0.25) is 0 Å². The number of hydrogen-bond acceptors (Lipinski definition) is 11. The highest BCUT2D eigenvalue weighted by Crippen LogP contribution is 2.12. The Balaban J connectivity index is 0.000000208. The van der Waals surface area contributed by atoms with Gasteiger partial charge in [-0.1, -0.05) is 5.10 Å². The molecule has 43 heavy (non-hydrogen) atoms. The van der Waals surface area contributed by atoms with E-state index in [1.54, 1.807) is 39.0 Å². The summed E-state index contributed by atoms with van der Waals surface area (Å²) in [6.45, 7) is 5.37. The third-order valence-electron chi connectivity index (χ3n) is 5.31. The fraction of sp³-hybridized carbons (Fsp3) is 0.174. The average Bonchev–Trinajstić information content (AvgIpc) is 3.78. The van der Waals surface area contributed by atoms with Crippen molar-refractivity contribution in [1.82, 2.24) is 51.0 Å². The SMILES string of the molecule is Cc1cc(NC(=O)C(=O)Nc2cc(C)[nH]n2)n[nH]1.Cc1cc(NC(=O)c2cc(CC(=O)c3cc([N+](=O)[O-])[nH]n3)[nH]n2)n[nH]1. The first-order valence-corrected chi connectivity index (χ1v) is 12.2. The van der Waals surface area contributed by atoms with Gasteiger partial charge >= 0.3 is 17.6 Å². The van der Waals surface area contributed by atoms with Crippen molar-refractivity contribution in [2.75, 3.05) is 16.0 Å². The predicted molar refractivity (Wildman–Crippen MR) is 147 cm³/mol. The fourth-order valence-electron chi connectivity index (χ4n) is 3.35. The zero-order valence-corrected chi connectivity index (χ0v) is 22.7. The van der Waals surface area contributed by atoms with Crippen LogP contribution in [0.5, 0.6) is 0 Å². The maximum atomic E-state index is 12.1. The van der Waals surface area contributed by atoms with Crippen LogP contribution in [0.1, 0.15) is 43.8 Å². The summed E-state index contributed by atoms with van der Waals surface area (Å²) in [6.07, 6.45) is -0.135. The van der Waals surface area contributed by atoms with Gasteiger partial charge in [-0.3, -0.25) is 39.6 Å². The first-order chi connectivity index (χ1) is 20.5. The van der Waals surface area contributed by atoms with Crippen LogP contribution in [-0.4, -0.2) is 79.4 Å². The molecule has 20 nitrogen and oxygen atoms in total. The first-order valence-electron chi connectivity index (χ1n) is 12.2. The summed E-state index contributed by atoms with van der Waals surface area (Å²) in [5.74, 6) is -1.98. The van der Waals surface area contributed by atoms with Crippen LogP contribution in [0.4, 0.5) is 23.3 Å². The van der Waals surface area contributed by atoms with E-state index >= 15 is 0 Å². The number of carbonyl (C=O) groups is 4. The van der Waals surface area contributed by atoms with Crippen LogP contribution >= 0.6 is 0 Å². The van der Waals surface area contributed by atoms with Gasteiger partial charge in [0.15, 0.2) is 34.6 Å². The number of carbonyl (C=O) groups excluding carboxylic acids is 4. The number of nitrogens with zero attached hydrogens (tertiary/aromatic N) is 6. The van der Waals surface area contributed by atoms with E-state index < -0.39 is 28.4 Å². The van der Waals surface area contributed by atoms with Crippen LogP contribution in [0.15, 0.2) is 30.3 Å². The van der Waals surface area contributed by atoms with Crippen LogP contribution in [0.25, 0.3) is 0 Å². The van der Waals surface area contributed by atoms with Crippen LogP contribution in [0, 0.1) is 30.9 Å². The molecule has 5 heterocycles. The normalized spacial score (nSPS) is 10.4. The third-order valence-corrected chi connectivity index (χ3v) is 5.31. The molecule has 0 radical (unpaired) electrons. The minimum atomic E-state index is -0.804. The van der Waals surface area contributed by atoms with Crippen LogP contribution < -0.4 is 16.0 Å². The number of aromatic nitrogens is 10. The highest BCUT2D eigenvalue weighted by Gasteiger charge is 2.19. The largest absolute Gasteiger partial charge is 0.358 e. The van der Waals surface area contributed by atoms with E-state index in [1.165, 1.54) is 6.07 Å². The van der Waals surface area contributed by atoms with Crippen LogP contribution in [0.3, 0.4) is 0 Å². The average molecular weight is 593 g/mol. The Morgan fingerprint density at radius 3 is 1.60 bits per heavy atom. The second-order valence-electron chi connectivity index (χ2n) is 8.94. The monoisotopic (exact) mass is 592 g/mol. The molecule has 5 rings (SSSR count). The number of aryl methyl sites for hydroxylation is 3. The van der Waals surface area contributed by atoms with Crippen molar-refractivity contribution in [2.24, 2.45) is 0 Å². The smallest absolute Gasteiger partial charge is 0.343 e. The maximum Gasteiger partial charge on any atom is 0.343 e. The van der Waals surface area contributed by atoms with E-state index in [0.29, 0.717) is 23.1 Å². The molecule has 8 N–H and O–H groups in total. The summed E-state index contributed by atoms with van der Waals surface area (Å²) in [5, 5.41) is 49.5. The number of aromatic amines is 5. The lowest BCUT2D eigenvalue weighted by molar-refractivity contribution is -0.389. The van der Waals surface area contributed by atoms with Crippen molar-refractivity contribution >= 4 is 46.8 Å². The summed E-state index contributed by atoms with van der Waals surface area (Å²) < 4.78 is 0. The summed E-state index contributed by atoms with van der Waals surface area (Å²) in [7, 11) is 0. The molecule has 5 aromatic heterocycles.